The summed E-state index contributed by atoms with van der Waals surface area (Å²) in [6.07, 6.45) is 1.92. The number of hydrogen-bond donors (Lipinski definition) is 1. The fourth-order valence-corrected chi connectivity index (χ4v) is 2.44. The van der Waals surface area contributed by atoms with E-state index in [1.165, 1.54) is 5.56 Å². The summed E-state index contributed by atoms with van der Waals surface area (Å²) in [4.78, 5) is 6.81. The van der Waals surface area contributed by atoms with Gasteiger partial charge in [0.05, 0.1) is 6.04 Å². The van der Waals surface area contributed by atoms with Gasteiger partial charge in [-0.15, -0.1) is 0 Å². The summed E-state index contributed by atoms with van der Waals surface area (Å²) in [5, 5.41) is 0. The summed E-state index contributed by atoms with van der Waals surface area (Å²) in [6, 6.07) is 12.2. The molecule has 0 saturated heterocycles. The first-order valence-corrected chi connectivity index (χ1v) is 7.19. The molecule has 3 nitrogen and oxygen atoms in total. The zero-order chi connectivity index (χ0) is 14.5. The van der Waals surface area contributed by atoms with Crippen LogP contribution in [0.3, 0.4) is 0 Å². The number of aromatic nitrogens is 1. The molecule has 1 heterocycles. The van der Waals surface area contributed by atoms with E-state index in [9.17, 15) is 0 Å². The van der Waals surface area contributed by atoms with E-state index >= 15 is 0 Å². The van der Waals surface area contributed by atoms with Gasteiger partial charge in [0.25, 0.3) is 0 Å². The second-order valence-corrected chi connectivity index (χ2v) is 4.96. The van der Waals surface area contributed by atoms with Crippen molar-refractivity contribution < 1.29 is 0 Å². The van der Waals surface area contributed by atoms with Gasteiger partial charge in [0, 0.05) is 19.3 Å². The van der Waals surface area contributed by atoms with Gasteiger partial charge >= 0.3 is 0 Å². The minimum atomic E-state index is -0.116. The molecular weight excluding hydrogens is 246 g/mol. The van der Waals surface area contributed by atoms with Crippen LogP contribution in [-0.4, -0.2) is 18.1 Å². The highest BCUT2D eigenvalue weighted by atomic mass is 15.2. The largest absolute Gasteiger partial charge is 0.357 e. The Balaban J connectivity index is 2.30. The number of nitrogens with two attached hydrogens (primary N) is 1. The first-order chi connectivity index (χ1) is 9.67. The number of nitrogens with zero attached hydrogens (tertiary/aromatic N) is 2. The summed E-state index contributed by atoms with van der Waals surface area (Å²) < 4.78 is 0. The second-order valence-electron chi connectivity index (χ2n) is 4.96. The summed E-state index contributed by atoms with van der Waals surface area (Å²) in [6.45, 7) is 8.32. The third-order valence-electron chi connectivity index (χ3n) is 3.72. The summed E-state index contributed by atoms with van der Waals surface area (Å²) >= 11 is 0. The van der Waals surface area contributed by atoms with Crippen molar-refractivity contribution in [3.05, 3.63) is 59.3 Å². The van der Waals surface area contributed by atoms with Crippen molar-refractivity contribution in [2.45, 2.75) is 26.8 Å². The topological polar surface area (TPSA) is 42.1 Å². The Hall–Kier alpha value is -1.87. The van der Waals surface area contributed by atoms with Gasteiger partial charge < -0.3 is 10.6 Å². The molecular formula is C17H23N3. The standard InChI is InChI=1S/C17H23N3/c1-4-20(5-2)16-11-13(3)15(12-19-16)17(18)14-9-7-6-8-10-14/h6-12,17H,4-5,18H2,1-3H3/t17-/m0/s1. The lowest BCUT2D eigenvalue weighted by Gasteiger charge is -2.22. The lowest BCUT2D eigenvalue weighted by atomic mass is 9.97. The van der Waals surface area contributed by atoms with E-state index in [2.05, 4.69) is 48.9 Å². The molecule has 0 spiro atoms. The Morgan fingerprint density at radius 2 is 1.80 bits per heavy atom. The normalized spacial score (nSPS) is 12.2. The van der Waals surface area contributed by atoms with E-state index in [4.69, 9.17) is 5.73 Å². The Labute approximate surface area is 121 Å². The van der Waals surface area contributed by atoms with Crippen LogP contribution in [0.5, 0.6) is 0 Å². The Kier molecular flexibility index (Phi) is 4.74. The molecule has 0 unspecified atom stereocenters. The van der Waals surface area contributed by atoms with E-state index in [1.54, 1.807) is 0 Å². The van der Waals surface area contributed by atoms with Gasteiger partial charge in [-0.2, -0.15) is 0 Å². The molecule has 0 aliphatic rings. The van der Waals surface area contributed by atoms with Gasteiger partial charge in [-0.05, 0) is 43.5 Å². The monoisotopic (exact) mass is 269 g/mol. The second kappa shape index (κ2) is 6.53. The number of aryl methyl sites for hydroxylation is 1. The van der Waals surface area contributed by atoms with Crippen LogP contribution in [0.1, 0.15) is 36.6 Å². The van der Waals surface area contributed by atoms with Crippen molar-refractivity contribution in [3.63, 3.8) is 0 Å². The smallest absolute Gasteiger partial charge is 0.128 e. The maximum atomic E-state index is 6.35. The van der Waals surface area contributed by atoms with Crippen molar-refractivity contribution in [2.24, 2.45) is 5.73 Å². The zero-order valence-corrected chi connectivity index (χ0v) is 12.5. The maximum absolute atomic E-state index is 6.35. The molecule has 0 aliphatic carbocycles. The molecule has 1 atom stereocenters. The number of rotatable bonds is 5. The van der Waals surface area contributed by atoms with E-state index in [0.29, 0.717) is 0 Å². The van der Waals surface area contributed by atoms with Crippen LogP contribution in [-0.2, 0) is 0 Å². The van der Waals surface area contributed by atoms with Gasteiger partial charge in [0.15, 0.2) is 0 Å². The van der Waals surface area contributed by atoms with E-state index in [0.717, 1.165) is 30.0 Å². The highest BCUT2D eigenvalue weighted by Gasteiger charge is 2.13. The van der Waals surface area contributed by atoms with Crippen LogP contribution in [0.4, 0.5) is 5.82 Å². The molecule has 0 bridgehead atoms. The van der Waals surface area contributed by atoms with E-state index in [1.807, 2.05) is 24.4 Å². The predicted molar refractivity (Wildman–Crippen MR) is 85.0 cm³/mol. The predicted octanol–water partition coefficient (Wildman–Crippen LogP) is 3.28. The molecule has 0 saturated carbocycles. The maximum Gasteiger partial charge on any atom is 0.128 e. The average molecular weight is 269 g/mol. The van der Waals surface area contributed by atoms with E-state index in [-0.39, 0.29) is 6.04 Å². The summed E-state index contributed by atoms with van der Waals surface area (Å²) in [5.74, 6) is 1.02. The van der Waals surface area contributed by atoms with Crippen LogP contribution >= 0.6 is 0 Å². The number of anilines is 1. The Bertz CT molecular complexity index is 547. The van der Waals surface area contributed by atoms with Crippen LogP contribution < -0.4 is 10.6 Å². The molecule has 0 fully saturated rings. The fourth-order valence-electron chi connectivity index (χ4n) is 2.44. The highest BCUT2D eigenvalue weighted by Crippen LogP contribution is 2.24. The summed E-state index contributed by atoms with van der Waals surface area (Å²) in [5.41, 5.74) is 9.76. The molecule has 1 aromatic carbocycles. The molecule has 3 heteroatoms. The third kappa shape index (κ3) is 2.99. The van der Waals surface area contributed by atoms with Gasteiger partial charge in [0.2, 0.25) is 0 Å². The zero-order valence-electron chi connectivity index (χ0n) is 12.5. The van der Waals surface area contributed by atoms with E-state index < -0.39 is 0 Å². The highest BCUT2D eigenvalue weighted by molar-refractivity contribution is 5.45. The van der Waals surface area contributed by atoms with Gasteiger partial charge in [-0.1, -0.05) is 30.3 Å². The minimum absolute atomic E-state index is 0.116. The van der Waals surface area contributed by atoms with Crippen molar-refractivity contribution in [3.8, 4) is 0 Å². The first kappa shape index (κ1) is 14.5. The van der Waals surface area contributed by atoms with Crippen LogP contribution in [0, 0.1) is 6.92 Å². The molecule has 2 aromatic rings. The Morgan fingerprint density at radius 3 is 2.35 bits per heavy atom. The number of pyridine rings is 1. The molecule has 2 N–H and O–H groups in total. The van der Waals surface area contributed by atoms with Crippen molar-refractivity contribution in [1.82, 2.24) is 4.98 Å². The molecule has 2 rings (SSSR count). The number of hydrogen-bond acceptors (Lipinski definition) is 3. The SMILES string of the molecule is CCN(CC)c1cc(C)c([C@@H](N)c2ccccc2)cn1. The first-order valence-electron chi connectivity index (χ1n) is 7.19. The van der Waals surface area contributed by atoms with Gasteiger partial charge in [-0.3, -0.25) is 0 Å². The lowest BCUT2D eigenvalue weighted by Crippen LogP contribution is -2.23. The van der Waals surface area contributed by atoms with Gasteiger partial charge in [-0.25, -0.2) is 4.98 Å². The lowest BCUT2D eigenvalue weighted by molar-refractivity contribution is 0.823. The molecule has 0 radical (unpaired) electrons. The fraction of sp³-hybridized carbons (Fsp3) is 0.353. The van der Waals surface area contributed by atoms with Crippen molar-refractivity contribution in [2.75, 3.05) is 18.0 Å². The minimum Gasteiger partial charge on any atom is -0.357 e. The Morgan fingerprint density at radius 1 is 1.15 bits per heavy atom. The van der Waals surface area contributed by atoms with Crippen molar-refractivity contribution >= 4 is 5.82 Å². The summed E-state index contributed by atoms with van der Waals surface area (Å²) in [7, 11) is 0. The van der Waals surface area contributed by atoms with Gasteiger partial charge in [0.1, 0.15) is 5.82 Å². The molecule has 0 aliphatic heterocycles. The average Bonchev–Trinajstić information content (AvgIpc) is 2.49. The molecule has 106 valence electrons. The van der Waals surface area contributed by atoms with Crippen LogP contribution in [0.15, 0.2) is 42.6 Å². The molecule has 1 aromatic heterocycles. The van der Waals surface area contributed by atoms with Crippen molar-refractivity contribution in [1.29, 1.82) is 0 Å². The third-order valence-corrected chi connectivity index (χ3v) is 3.72. The van der Waals surface area contributed by atoms with Crippen LogP contribution in [0.2, 0.25) is 0 Å². The molecule has 0 amide bonds. The van der Waals surface area contributed by atoms with Crippen LogP contribution in [0.25, 0.3) is 0 Å². The quantitative estimate of drug-likeness (QED) is 0.905. The molecule has 20 heavy (non-hydrogen) atoms. The number of benzene rings is 1.